The number of rotatable bonds is 10. The molecule has 3 rings (SSSR count). The predicted molar refractivity (Wildman–Crippen MR) is 115 cm³/mol. The van der Waals surface area contributed by atoms with Crippen molar-refractivity contribution in [2.45, 2.75) is 58.0 Å². The summed E-state index contributed by atoms with van der Waals surface area (Å²) in [7, 11) is 2.00. The smallest absolute Gasteiger partial charge is 0.242 e. The number of carbonyl (C=O) groups excluding carboxylic acids is 2. The van der Waals surface area contributed by atoms with Crippen molar-refractivity contribution in [3.05, 3.63) is 59.9 Å². The average molecular weight is 396 g/mol. The van der Waals surface area contributed by atoms with Crippen molar-refractivity contribution in [3.8, 4) is 0 Å². The van der Waals surface area contributed by atoms with E-state index in [9.17, 15) is 9.59 Å². The number of carbonyl (C=O) groups is 2. The highest BCUT2D eigenvalue weighted by atomic mass is 16.2. The molecule has 0 aliphatic heterocycles. The standard InChI is InChI=1S/C24H33N3O2/c1-4-15-26(24(29)22(5-2)19-10-7-6-8-11-19)18-23(28)27(20-13-14-20)17-21-12-9-16-25(21)3/h6-12,16,20,22H,4-5,13-15,17-18H2,1-3H3/t22-/m1/s1. The van der Waals surface area contributed by atoms with Gasteiger partial charge in [0.05, 0.1) is 19.0 Å². The summed E-state index contributed by atoms with van der Waals surface area (Å²) in [6.45, 7) is 5.47. The molecule has 1 saturated carbocycles. The first-order valence-electron chi connectivity index (χ1n) is 10.8. The van der Waals surface area contributed by atoms with E-state index in [4.69, 9.17) is 0 Å². The van der Waals surface area contributed by atoms with Crippen LogP contribution in [0, 0.1) is 0 Å². The van der Waals surface area contributed by atoms with Gasteiger partial charge in [-0.25, -0.2) is 0 Å². The van der Waals surface area contributed by atoms with E-state index >= 15 is 0 Å². The highest BCUT2D eigenvalue weighted by molar-refractivity contribution is 5.88. The summed E-state index contributed by atoms with van der Waals surface area (Å²) in [4.78, 5) is 30.3. The molecule has 2 amide bonds. The molecule has 1 aliphatic carbocycles. The van der Waals surface area contributed by atoms with Crippen molar-refractivity contribution in [2.75, 3.05) is 13.1 Å². The van der Waals surface area contributed by atoms with Crippen LogP contribution in [0.25, 0.3) is 0 Å². The Morgan fingerprint density at radius 1 is 1.10 bits per heavy atom. The topological polar surface area (TPSA) is 45.6 Å². The van der Waals surface area contributed by atoms with Gasteiger partial charge in [-0.3, -0.25) is 9.59 Å². The Hall–Kier alpha value is -2.56. The molecule has 5 nitrogen and oxygen atoms in total. The molecular weight excluding hydrogens is 362 g/mol. The molecule has 1 aromatic heterocycles. The van der Waals surface area contributed by atoms with Crippen molar-refractivity contribution in [3.63, 3.8) is 0 Å². The Labute approximate surface area is 174 Å². The molecule has 0 N–H and O–H groups in total. The molecule has 156 valence electrons. The Bertz CT molecular complexity index is 811. The molecule has 2 aromatic rings. The van der Waals surface area contributed by atoms with Gasteiger partial charge >= 0.3 is 0 Å². The second kappa shape index (κ2) is 9.77. The monoisotopic (exact) mass is 395 g/mol. The Balaban J connectivity index is 1.73. The van der Waals surface area contributed by atoms with E-state index in [-0.39, 0.29) is 24.3 Å². The summed E-state index contributed by atoms with van der Waals surface area (Å²) in [5, 5.41) is 0. The van der Waals surface area contributed by atoms with Gasteiger partial charge in [0.2, 0.25) is 11.8 Å². The Morgan fingerprint density at radius 3 is 2.38 bits per heavy atom. The minimum absolute atomic E-state index is 0.0541. The minimum Gasteiger partial charge on any atom is -0.353 e. The normalized spacial score (nSPS) is 14.4. The third-order valence-electron chi connectivity index (χ3n) is 5.73. The Morgan fingerprint density at radius 2 is 1.83 bits per heavy atom. The molecular formula is C24H33N3O2. The van der Waals surface area contributed by atoms with Crippen molar-refractivity contribution in [2.24, 2.45) is 7.05 Å². The lowest BCUT2D eigenvalue weighted by molar-refractivity contribution is -0.142. The predicted octanol–water partition coefficient (Wildman–Crippen LogP) is 3.95. The van der Waals surface area contributed by atoms with Gasteiger partial charge in [0.1, 0.15) is 0 Å². The van der Waals surface area contributed by atoms with Crippen LogP contribution in [0.4, 0.5) is 0 Å². The summed E-state index contributed by atoms with van der Waals surface area (Å²) >= 11 is 0. The van der Waals surface area contributed by atoms with E-state index in [1.165, 1.54) is 0 Å². The highest BCUT2D eigenvalue weighted by Gasteiger charge is 2.35. The van der Waals surface area contributed by atoms with E-state index in [1.807, 2.05) is 61.5 Å². The van der Waals surface area contributed by atoms with Crippen LogP contribution < -0.4 is 0 Å². The summed E-state index contributed by atoms with van der Waals surface area (Å²) < 4.78 is 2.06. The van der Waals surface area contributed by atoms with Gasteiger partial charge in [0.25, 0.3) is 0 Å². The summed E-state index contributed by atoms with van der Waals surface area (Å²) in [5.41, 5.74) is 2.14. The van der Waals surface area contributed by atoms with Crippen LogP contribution in [0.15, 0.2) is 48.7 Å². The zero-order chi connectivity index (χ0) is 20.8. The Kier molecular flexibility index (Phi) is 7.13. The van der Waals surface area contributed by atoms with Crippen molar-refractivity contribution in [1.29, 1.82) is 0 Å². The third-order valence-corrected chi connectivity index (χ3v) is 5.73. The SMILES string of the molecule is CCCN(CC(=O)N(Cc1cccn1C)C1CC1)C(=O)[C@H](CC)c1ccccc1. The van der Waals surface area contributed by atoms with Crippen molar-refractivity contribution >= 4 is 11.8 Å². The number of aryl methyl sites for hydroxylation is 1. The fraction of sp³-hybridized carbons (Fsp3) is 0.500. The maximum Gasteiger partial charge on any atom is 0.242 e. The number of aromatic nitrogens is 1. The van der Waals surface area contributed by atoms with Crippen LogP contribution in [0.3, 0.4) is 0 Å². The summed E-state index contributed by atoms with van der Waals surface area (Å²) in [5.74, 6) is -0.0836. The number of nitrogens with zero attached hydrogens (tertiary/aromatic N) is 3. The zero-order valence-electron chi connectivity index (χ0n) is 17.9. The molecule has 0 bridgehead atoms. The van der Waals surface area contributed by atoms with Gasteiger partial charge in [-0.2, -0.15) is 0 Å². The molecule has 0 spiro atoms. The summed E-state index contributed by atoms with van der Waals surface area (Å²) in [6, 6.07) is 14.3. The fourth-order valence-corrected chi connectivity index (χ4v) is 3.89. The van der Waals surface area contributed by atoms with Gasteiger partial charge in [0.15, 0.2) is 0 Å². The quantitative estimate of drug-likeness (QED) is 0.611. The molecule has 5 heteroatoms. The van der Waals surface area contributed by atoms with E-state index in [0.29, 0.717) is 19.1 Å². The van der Waals surface area contributed by atoms with Crippen molar-refractivity contribution < 1.29 is 9.59 Å². The molecule has 1 heterocycles. The van der Waals surface area contributed by atoms with Crippen LogP contribution in [-0.2, 0) is 23.2 Å². The van der Waals surface area contributed by atoms with Gasteiger partial charge in [0, 0.05) is 31.5 Å². The highest BCUT2D eigenvalue weighted by Crippen LogP contribution is 2.29. The van der Waals surface area contributed by atoms with Crippen LogP contribution in [0.2, 0.25) is 0 Å². The molecule has 1 aliphatic rings. The van der Waals surface area contributed by atoms with Gasteiger partial charge in [-0.15, -0.1) is 0 Å². The van der Waals surface area contributed by atoms with Gasteiger partial charge in [-0.1, -0.05) is 44.2 Å². The first kappa shape index (κ1) is 21.2. The maximum atomic E-state index is 13.3. The van der Waals surface area contributed by atoms with Crippen LogP contribution in [-0.4, -0.2) is 45.3 Å². The van der Waals surface area contributed by atoms with Crippen LogP contribution >= 0.6 is 0 Å². The third kappa shape index (κ3) is 5.28. The number of hydrogen-bond donors (Lipinski definition) is 0. The lowest BCUT2D eigenvalue weighted by Crippen LogP contribution is -2.45. The number of amides is 2. The summed E-state index contributed by atoms with van der Waals surface area (Å²) in [6.07, 6.45) is 5.68. The minimum atomic E-state index is -0.196. The number of hydrogen-bond acceptors (Lipinski definition) is 2. The molecule has 0 radical (unpaired) electrons. The van der Waals surface area contributed by atoms with E-state index < -0.39 is 0 Å². The lowest BCUT2D eigenvalue weighted by atomic mass is 9.95. The molecule has 0 unspecified atom stereocenters. The fourth-order valence-electron chi connectivity index (χ4n) is 3.89. The molecule has 1 aromatic carbocycles. The van der Waals surface area contributed by atoms with Gasteiger partial charge < -0.3 is 14.4 Å². The maximum absolute atomic E-state index is 13.3. The second-order valence-electron chi connectivity index (χ2n) is 7.99. The first-order chi connectivity index (χ1) is 14.0. The molecule has 1 atom stereocenters. The second-order valence-corrected chi connectivity index (χ2v) is 7.99. The van der Waals surface area contributed by atoms with E-state index in [1.54, 1.807) is 4.90 Å². The first-order valence-corrected chi connectivity index (χ1v) is 10.8. The van der Waals surface area contributed by atoms with Crippen LogP contribution in [0.5, 0.6) is 0 Å². The van der Waals surface area contributed by atoms with Gasteiger partial charge in [-0.05, 0) is 43.4 Å². The molecule has 29 heavy (non-hydrogen) atoms. The largest absolute Gasteiger partial charge is 0.353 e. The van der Waals surface area contributed by atoms with Crippen molar-refractivity contribution in [1.82, 2.24) is 14.4 Å². The van der Waals surface area contributed by atoms with Crippen LogP contribution in [0.1, 0.15) is 56.7 Å². The zero-order valence-corrected chi connectivity index (χ0v) is 17.9. The number of benzene rings is 1. The van der Waals surface area contributed by atoms with E-state index in [2.05, 4.69) is 17.6 Å². The van der Waals surface area contributed by atoms with E-state index in [0.717, 1.165) is 36.9 Å². The lowest BCUT2D eigenvalue weighted by Gasteiger charge is -2.30. The average Bonchev–Trinajstić information content (AvgIpc) is 3.49. The molecule has 1 fully saturated rings. The molecule has 0 saturated heterocycles.